The Morgan fingerprint density at radius 2 is 1.88 bits per heavy atom. The molecule has 2 aromatic rings. The fourth-order valence-electron chi connectivity index (χ4n) is 7.54. The molecule has 3 amide bonds. The van der Waals surface area contributed by atoms with Gasteiger partial charge in [-0.05, 0) is 75.2 Å². The Labute approximate surface area is 354 Å². The van der Waals surface area contributed by atoms with Crippen molar-refractivity contribution in [2.75, 3.05) is 32.5 Å². The number of likely N-dealkylation sites (tertiary alicyclic amines) is 1. The normalized spacial score (nSPS) is 20.7. The second-order valence-corrected chi connectivity index (χ2v) is 18.1. The van der Waals surface area contributed by atoms with Crippen LogP contribution in [-0.4, -0.2) is 101 Å². The molecule has 2 fully saturated rings. The van der Waals surface area contributed by atoms with Crippen LogP contribution in [0, 0.1) is 29.6 Å². The molecule has 2 saturated heterocycles. The fraction of sp³-hybridized carbons (Fsp3) is 0.659. The lowest BCUT2D eigenvalue weighted by atomic mass is 9.79. The standard InChI is InChI=1S/C44H66N6O8S/c1-10-12-15-22-57-50(42(54)38(29(5)11-2)48-40(53)35-16-13-14-21-49(35)9)36(28(3)4)24-37(58-30(6)51)41-47-34(26-59-41)39(52)46-33(23-31-17-19-32(45)20-18-31)25-43(7,8)44(55)27-56-44/h1,17-20,26,28-29,33,35-38,55H,11-16,21-25,27,45H2,2-9H3,(H,46,52)(H,48,53)/t29-,33-,35+,36+,37+,38-,44?/m0/s1. The highest BCUT2D eigenvalue weighted by molar-refractivity contribution is 7.09. The molecule has 0 saturated carbocycles. The zero-order valence-electron chi connectivity index (χ0n) is 36.1. The van der Waals surface area contributed by atoms with Crippen molar-refractivity contribution >= 4 is 40.7 Å². The topological polar surface area (TPSA) is 189 Å². The van der Waals surface area contributed by atoms with Crippen LogP contribution in [0.25, 0.3) is 0 Å². The summed E-state index contributed by atoms with van der Waals surface area (Å²) in [5.41, 5.74) is 6.96. The number of carbonyl (C=O) groups is 4. The van der Waals surface area contributed by atoms with Gasteiger partial charge in [0.25, 0.3) is 11.8 Å². The second-order valence-electron chi connectivity index (χ2n) is 17.2. The third-order valence-corrected chi connectivity index (χ3v) is 12.6. The highest BCUT2D eigenvalue weighted by Crippen LogP contribution is 2.45. The lowest BCUT2D eigenvalue weighted by molar-refractivity contribution is -0.213. The molecule has 1 unspecified atom stereocenters. The molecule has 2 aliphatic heterocycles. The number of amides is 3. The maximum Gasteiger partial charge on any atom is 0.303 e. The van der Waals surface area contributed by atoms with E-state index < -0.39 is 53.2 Å². The third kappa shape index (κ3) is 13.2. The van der Waals surface area contributed by atoms with Crippen LogP contribution in [0.4, 0.5) is 5.69 Å². The average Bonchev–Trinajstić information content (AvgIpc) is 3.76. The van der Waals surface area contributed by atoms with Crippen molar-refractivity contribution in [3.63, 3.8) is 0 Å². The van der Waals surface area contributed by atoms with E-state index in [0.29, 0.717) is 49.2 Å². The molecule has 1 aromatic carbocycles. The summed E-state index contributed by atoms with van der Waals surface area (Å²) in [4.78, 5) is 67.9. The van der Waals surface area contributed by atoms with Gasteiger partial charge in [-0.2, -0.15) is 0 Å². The summed E-state index contributed by atoms with van der Waals surface area (Å²) in [5, 5.41) is 20.4. The monoisotopic (exact) mass is 838 g/mol. The van der Waals surface area contributed by atoms with E-state index in [1.165, 1.54) is 23.3 Å². The van der Waals surface area contributed by atoms with Crippen LogP contribution in [0.5, 0.6) is 0 Å². The van der Waals surface area contributed by atoms with Gasteiger partial charge in [-0.15, -0.1) is 23.7 Å². The number of unbranched alkanes of at least 4 members (excludes halogenated alkanes) is 1. The summed E-state index contributed by atoms with van der Waals surface area (Å²) in [7, 11) is 1.93. The number of hydrogen-bond acceptors (Lipinski definition) is 12. The first-order chi connectivity index (χ1) is 27.9. The minimum atomic E-state index is -1.28. The predicted molar refractivity (Wildman–Crippen MR) is 227 cm³/mol. The number of thiazole rings is 1. The number of benzene rings is 1. The van der Waals surface area contributed by atoms with Crippen LogP contribution >= 0.6 is 11.3 Å². The van der Waals surface area contributed by atoms with E-state index in [1.54, 1.807) is 17.5 Å². The average molecular weight is 839 g/mol. The molecular formula is C44H66N6O8S. The Morgan fingerprint density at radius 3 is 2.47 bits per heavy atom. The van der Waals surface area contributed by atoms with Gasteiger partial charge in [0.1, 0.15) is 23.4 Å². The molecule has 1 aromatic heterocycles. The molecule has 7 atom stereocenters. The highest BCUT2D eigenvalue weighted by Gasteiger charge is 2.56. The molecule has 0 aliphatic carbocycles. The number of ether oxygens (including phenoxy) is 2. The number of hydrogen-bond donors (Lipinski definition) is 4. The van der Waals surface area contributed by atoms with Crippen molar-refractivity contribution < 1.29 is 38.6 Å². The van der Waals surface area contributed by atoms with Crippen molar-refractivity contribution in [1.82, 2.24) is 25.6 Å². The molecule has 4 rings (SSSR count). The van der Waals surface area contributed by atoms with Crippen molar-refractivity contribution in [3.8, 4) is 12.3 Å². The number of carbonyl (C=O) groups excluding carboxylic acids is 4. The van der Waals surface area contributed by atoms with Gasteiger partial charge < -0.3 is 30.9 Å². The molecule has 326 valence electrons. The van der Waals surface area contributed by atoms with Crippen LogP contribution in [0.2, 0.25) is 0 Å². The number of piperidine rings is 1. The first-order valence-corrected chi connectivity index (χ1v) is 21.8. The number of nitrogens with zero attached hydrogens (tertiary/aromatic N) is 3. The first kappa shape index (κ1) is 47.6. The number of anilines is 1. The number of nitrogens with one attached hydrogen (secondary N) is 2. The van der Waals surface area contributed by atoms with Gasteiger partial charge >= 0.3 is 5.97 Å². The van der Waals surface area contributed by atoms with Crippen LogP contribution in [0.15, 0.2) is 29.6 Å². The number of nitrogen functional groups attached to an aromatic ring is 1. The van der Waals surface area contributed by atoms with Crippen LogP contribution in [0.1, 0.15) is 127 Å². The van der Waals surface area contributed by atoms with Gasteiger partial charge in [0.2, 0.25) is 5.91 Å². The zero-order chi connectivity index (χ0) is 43.5. The number of rotatable bonds is 22. The molecule has 0 radical (unpaired) electrons. The van der Waals surface area contributed by atoms with E-state index in [9.17, 15) is 24.3 Å². The van der Waals surface area contributed by atoms with Gasteiger partial charge in [0, 0.05) is 42.3 Å². The molecule has 2 aliphatic rings. The number of esters is 1. The number of terminal acetylenes is 1. The quantitative estimate of drug-likeness (QED) is 0.0297. The number of hydroxylamine groups is 2. The zero-order valence-corrected chi connectivity index (χ0v) is 36.9. The van der Waals surface area contributed by atoms with E-state index in [2.05, 4.69) is 21.5 Å². The number of epoxide rings is 1. The molecule has 5 N–H and O–H groups in total. The van der Waals surface area contributed by atoms with Gasteiger partial charge in [-0.25, -0.2) is 10.0 Å². The fourth-order valence-corrected chi connectivity index (χ4v) is 8.38. The van der Waals surface area contributed by atoms with Crippen molar-refractivity contribution in [1.29, 1.82) is 0 Å². The van der Waals surface area contributed by atoms with Gasteiger partial charge in [-0.1, -0.05) is 66.5 Å². The van der Waals surface area contributed by atoms with E-state index in [4.69, 9.17) is 26.5 Å². The smallest absolute Gasteiger partial charge is 0.303 e. The summed E-state index contributed by atoms with van der Waals surface area (Å²) < 4.78 is 11.3. The molecule has 0 spiro atoms. The molecular weight excluding hydrogens is 773 g/mol. The lowest BCUT2D eigenvalue weighted by Crippen LogP contribution is -2.58. The molecule has 59 heavy (non-hydrogen) atoms. The lowest BCUT2D eigenvalue weighted by Gasteiger charge is -2.39. The van der Waals surface area contributed by atoms with E-state index in [-0.39, 0.29) is 49.1 Å². The van der Waals surface area contributed by atoms with Crippen LogP contribution in [0.3, 0.4) is 0 Å². The van der Waals surface area contributed by atoms with Gasteiger partial charge in [0.05, 0.1) is 18.7 Å². The number of nitrogens with two attached hydrogens (primary N) is 1. The van der Waals surface area contributed by atoms with Gasteiger partial charge in [-0.3, -0.25) is 28.9 Å². The summed E-state index contributed by atoms with van der Waals surface area (Å²) in [5.74, 6) is -0.669. The minimum absolute atomic E-state index is 0.103. The van der Waals surface area contributed by atoms with E-state index in [1.807, 2.05) is 65.6 Å². The molecule has 14 nitrogen and oxygen atoms in total. The second kappa shape index (κ2) is 21.4. The maximum absolute atomic E-state index is 14.7. The van der Waals surface area contributed by atoms with Crippen molar-refractivity contribution in [2.24, 2.45) is 17.3 Å². The summed E-state index contributed by atoms with van der Waals surface area (Å²) in [6, 6.07) is 5.16. The summed E-state index contributed by atoms with van der Waals surface area (Å²) in [6.45, 7) is 14.1. The first-order valence-electron chi connectivity index (χ1n) is 20.9. The number of aromatic nitrogens is 1. The molecule has 15 heteroatoms. The number of likely N-dealkylation sites (N-methyl/N-ethyl adjacent to an activating group) is 1. The Bertz CT molecular complexity index is 1760. The Morgan fingerprint density at radius 1 is 1.19 bits per heavy atom. The Kier molecular flexibility index (Phi) is 17.3. The largest absolute Gasteiger partial charge is 0.455 e. The Hall–Kier alpha value is -4.07. The third-order valence-electron chi connectivity index (χ3n) is 11.7. The Balaban J connectivity index is 1.61. The van der Waals surface area contributed by atoms with E-state index in [0.717, 1.165) is 24.9 Å². The van der Waals surface area contributed by atoms with Crippen molar-refractivity contribution in [3.05, 3.63) is 45.9 Å². The maximum atomic E-state index is 14.7. The summed E-state index contributed by atoms with van der Waals surface area (Å²) in [6.07, 6.45) is 9.80. The summed E-state index contributed by atoms with van der Waals surface area (Å²) >= 11 is 1.17. The molecule has 0 bridgehead atoms. The minimum Gasteiger partial charge on any atom is -0.455 e. The SMILES string of the molecule is C#CCCCON(C(=O)[C@@H](NC(=O)[C@H]1CCCCN1C)[C@@H](C)CC)[C@H](C[C@@H](OC(C)=O)c1nc(C(=O)N[C@@H](Cc2ccc(N)cc2)CC(C)(C)C2(O)CO2)cs1)C(C)C. The predicted octanol–water partition coefficient (Wildman–Crippen LogP) is 5.41. The van der Waals surface area contributed by atoms with Crippen LogP contribution in [-0.2, 0) is 35.1 Å². The van der Waals surface area contributed by atoms with Crippen molar-refractivity contribution in [2.45, 2.75) is 142 Å². The van der Waals surface area contributed by atoms with Crippen LogP contribution < -0.4 is 16.4 Å². The number of aliphatic hydroxyl groups is 1. The van der Waals surface area contributed by atoms with E-state index >= 15 is 0 Å². The van der Waals surface area contributed by atoms with Gasteiger partial charge in [0.15, 0.2) is 11.9 Å². The highest BCUT2D eigenvalue weighted by atomic mass is 32.1. The molecule has 3 heterocycles.